The monoisotopic (exact) mass is 546 g/mol. The maximum atomic E-state index is 12.1. The summed E-state index contributed by atoms with van der Waals surface area (Å²) < 4.78 is 0. The predicted molar refractivity (Wildman–Crippen MR) is 132 cm³/mol. The zero-order chi connectivity index (χ0) is 27.1. The SMILES string of the molecule is O=C(O)CC(CC1(CC(CC(=O)O)C(=O)O)c2ccccc2-c2nc3cc(Cl)c(Cl)cc3nc21)C(=O)O. The van der Waals surface area contributed by atoms with Crippen molar-refractivity contribution >= 4 is 58.1 Å². The van der Waals surface area contributed by atoms with Crippen LogP contribution in [0, 0.1) is 11.8 Å². The van der Waals surface area contributed by atoms with Crippen LogP contribution in [0.2, 0.25) is 10.0 Å². The van der Waals surface area contributed by atoms with Gasteiger partial charge in [-0.15, -0.1) is 0 Å². The summed E-state index contributed by atoms with van der Waals surface area (Å²) in [4.78, 5) is 56.7. The van der Waals surface area contributed by atoms with Gasteiger partial charge in [-0.05, 0) is 30.5 Å². The van der Waals surface area contributed by atoms with Crippen molar-refractivity contribution in [2.75, 3.05) is 0 Å². The number of aliphatic carboxylic acids is 4. The van der Waals surface area contributed by atoms with Crippen LogP contribution in [-0.2, 0) is 24.6 Å². The molecule has 0 radical (unpaired) electrons. The topological polar surface area (TPSA) is 175 Å². The summed E-state index contributed by atoms with van der Waals surface area (Å²) >= 11 is 12.3. The predicted octanol–water partition coefficient (Wildman–Crippen LogP) is 4.33. The lowest BCUT2D eigenvalue weighted by molar-refractivity contribution is -0.150. The van der Waals surface area contributed by atoms with Crippen molar-refractivity contribution in [2.24, 2.45) is 11.8 Å². The molecule has 1 aliphatic carbocycles. The second-order valence-electron chi connectivity index (χ2n) is 8.98. The highest BCUT2D eigenvalue weighted by molar-refractivity contribution is 6.42. The molecule has 1 heterocycles. The van der Waals surface area contributed by atoms with Crippen LogP contribution in [0.4, 0.5) is 0 Å². The Hall–Kier alpha value is -3.76. The number of halogens is 2. The van der Waals surface area contributed by atoms with Gasteiger partial charge in [0.2, 0.25) is 0 Å². The number of carboxylic acid groups (broad SMARTS) is 4. The van der Waals surface area contributed by atoms with E-state index in [1.807, 2.05) is 0 Å². The van der Waals surface area contributed by atoms with Crippen LogP contribution in [-0.4, -0.2) is 54.3 Å². The molecule has 4 N–H and O–H groups in total. The Morgan fingerprint density at radius 3 is 1.76 bits per heavy atom. The van der Waals surface area contributed by atoms with Gasteiger partial charge in [-0.3, -0.25) is 19.2 Å². The second-order valence-corrected chi connectivity index (χ2v) is 9.79. The Bertz CT molecular complexity index is 1420. The van der Waals surface area contributed by atoms with E-state index in [4.69, 9.17) is 28.2 Å². The lowest BCUT2D eigenvalue weighted by Gasteiger charge is -2.35. The fourth-order valence-corrected chi connectivity index (χ4v) is 5.38. The van der Waals surface area contributed by atoms with E-state index in [0.717, 1.165) is 0 Å². The Balaban J connectivity index is 2.03. The number of carbonyl (C=O) groups is 4. The number of benzene rings is 2. The summed E-state index contributed by atoms with van der Waals surface area (Å²) in [5, 5.41) is 38.9. The van der Waals surface area contributed by atoms with Gasteiger partial charge in [0.05, 0.1) is 57.1 Å². The van der Waals surface area contributed by atoms with Gasteiger partial charge in [0, 0.05) is 11.0 Å². The van der Waals surface area contributed by atoms with Gasteiger partial charge in [0.25, 0.3) is 0 Å². The number of hydrogen-bond donors (Lipinski definition) is 4. The van der Waals surface area contributed by atoms with Crippen molar-refractivity contribution in [3.8, 4) is 11.3 Å². The van der Waals surface area contributed by atoms with Crippen LogP contribution in [0.5, 0.6) is 0 Å². The van der Waals surface area contributed by atoms with Gasteiger partial charge >= 0.3 is 23.9 Å². The molecule has 0 fully saturated rings. The van der Waals surface area contributed by atoms with Crippen LogP contribution >= 0.6 is 23.2 Å². The van der Waals surface area contributed by atoms with Crippen LogP contribution in [0.25, 0.3) is 22.3 Å². The quantitative estimate of drug-likeness (QED) is 0.286. The largest absolute Gasteiger partial charge is 0.481 e. The Morgan fingerprint density at radius 1 is 0.784 bits per heavy atom. The van der Waals surface area contributed by atoms with E-state index in [1.165, 1.54) is 12.1 Å². The summed E-state index contributed by atoms with van der Waals surface area (Å²) in [5.74, 6) is -8.33. The smallest absolute Gasteiger partial charge is 0.307 e. The molecule has 192 valence electrons. The van der Waals surface area contributed by atoms with Crippen molar-refractivity contribution < 1.29 is 39.6 Å². The molecule has 0 spiro atoms. The zero-order valence-electron chi connectivity index (χ0n) is 19.0. The Morgan fingerprint density at radius 2 is 1.27 bits per heavy atom. The van der Waals surface area contributed by atoms with Gasteiger partial charge in [0.1, 0.15) is 0 Å². The average Bonchev–Trinajstić information content (AvgIpc) is 3.06. The van der Waals surface area contributed by atoms with Crippen molar-refractivity contribution in [1.29, 1.82) is 0 Å². The highest BCUT2D eigenvalue weighted by Gasteiger charge is 2.50. The van der Waals surface area contributed by atoms with Crippen molar-refractivity contribution in [2.45, 2.75) is 31.1 Å². The van der Waals surface area contributed by atoms with E-state index in [9.17, 15) is 39.6 Å². The average molecular weight is 547 g/mol. The molecule has 0 saturated carbocycles. The van der Waals surface area contributed by atoms with Crippen LogP contribution < -0.4 is 0 Å². The summed E-state index contributed by atoms with van der Waals surface area (Å²) in [6.07, 6.45) is -2.14. The summed E-state index contributed by atoms with van der Waals surface area (Å²) in [5.41, 5.74) is 0.854. The summed E-state index contributed by atoms with van der Waals surface area (Å²) in [6, 6.07) is 9.77. The molecule has 0 saturated heterocycles. The molecule has 4 rings (SSSR count). The molecule has 0 aliphatic heterocycles. The first-order valence-electron chi connectivity index (χ1n) is 11.1. The minimum absolute atomic E-state index is 0.188. The molecule has 2 aromatic carbocycles. The van der Waals surface area contributed by atoms with E-state index in [1.54, 1.807) is 24.3 Å². The maximum absolute atomic E-state index is 12.1. The third-order valence-electron chi connectivity index (χ3n) is 6.59. The summed E-state index contributed by atoms with van der Waals surface area (Å²) in [7, 11) is 0. The maximum Gasteiger partial charge on any atom is 0.307 e. The van der Waals surface area contributed by atoms with E-state index in [-0.39, 0.29) is 28.6 Å². The molecular weight excluding hydrogens is 527 g/mol. The first kappa shape index (κ1) is 26.3. The first-order chi connectivity index (χ1) is 17.4. The van der Waals surface area contributed by atoms with Crippen LogP contribution in [0.3, 0.4) is 0 Å². The van der Waals surface area contributed by atoms with E-state index in [2.05, 4.69) is 4.98 Å². The number of fused-ring (bicyclic) bond motifs is 4. The standard InChI is InChI=1S/C25H20Cl2N2O8/c26-15-7-17-18(8-16(15)27)29-22-21(28-17)13-3-1-2-4-14(13)25(22,9-11(23(34)35)5-19(30)31)10-12(24(36)37)6-20(32)33/h1-4,7-8,11-12H,5-6,9-10H2,(H,30,31)(H,32,33)(H,34,35)(H,36,37). The molecule has 0 bridgehead atoms. The minimum atomic E-state index is -1.46. The van der Waals surface area contributed by atoms with Crippen molar-refractivity contribution in [3.63, 3.8) is 0 Å². The van der Waals surface area contributed by atoms with Gasteiger partial charge in [-0.25, -0.2) is 9.97 Å². The number of hydrogen-bond acceptors (Lipinski definition) is 6. The number of aromatic nitrogens is 2. The molecule has 3 aromatic rings. The third kappa shape index (κ3) is 4.94. The van der Waals surface area contributed by atoms with Gasteiger partial charge < -0.3 is 20.4 Å². The van der Waals surface area contributed by atoms with Crippen molar-refractivity contribution in [3.05, 3.63) is 57.7 Å². The van der Waals surface area contributed by atoms with Crippen molar-refractivity contribution in [1.82, 2.24) is 9.97 Å². The van der Waals surface area contributed by atoms with Gasteiger partial charge in [0.15, 0.2) is 0 Å². The first-order valence-corrected chi connectivity index (χ1v) is 11.8. The highest BCUT2D eigenvalue weighted by atomic mass is 35.5. The lowest BCUT2D eigenvalue weighted by atomic mass is 9.67. The molecular formula is C25H20Cl2N2O8. The fraction of sp³-hybridized carbons (Fsp3) is 0.280. The number of carboxylic acids is 4. The molecule has 1 aromatic heterocycles. The highest BCUT2D eigenvalue weighted by Crippen LogP contribution is 2.54. The molecule has 2 atom stereocenters. The molecule has 0 amide bonds. The number of nitrogens with zero attached hydrogens (tertiary/aromatic N) is 2. The molecule has 2 unspecified atom stereocenters. The van der Waals surface area contributed by atoms with E-state index >= 15 is 0 Å². The third-order valence-corrected chi connectivity index (χ3v) is 7.31. The van der Waals surface area contributed by atoms with E-state index in [0.29, 0.717) is 27.9 Å². The molecule has 12 heteroatoms. The minimum Gasteiger partial charge on any atom is -0.481 e. The van der Waals surface area contributed by atoms with E-state index < -0.39 is 54.0 Å². The number of rotatable bonds is 10. The second kappa shape index (κ2) is 9.95. The Kier molecular flexibility index (Phi) is 7.07. The molecule has 37 heavy (non-hydrogen) atoms. The summed E-state index contributed by atoms with van der Waals surface area (Å²) in [6.45, 7) is 0. The molecule has 1 aliphatic rings. The normalized spacial score (nSPS) is 17.6. The zero-order valence-corrected chi connectivity index (χ0v) is 20.5. The fourth-order valence-electron chi connectivity index (χ4n) is 5.06. The van der Waals surface area contributed by atoms with Crippen LogP contribution in [0.15, 0.2) is 36.4 Å². The lowest BCUT2D eigenvalue weighted by Crippen LogP contribution is -2.37. The molecule has 10 nitrogen and oxygen atoms in total. The van der Waals surface area contributed by atoms with Crippen LogP contribution in [0.1, 0.15) is 36.9 Å². The van der Waals surface area contributed by atoms with Gasteiger partial charge in [-0.2, -0.15) is 0 Å². The van der Waals surface area contributed by atoms with Gasteiger partial charge in [-0.1, -0.05) is 47.5 Å². The Labute approximate surface area is 219 Å².